The van der Waals surface area contributed by atoms with Gasteiger partial charge in [-0.1, -0.05) is 0 Å². The SMILES string of the molecule is CC1CCC(C(=O)N(C)CC(N)=O)CN1. The number of nitrogens with one attached hydrogen (secondary N) is 1. The van der Waals surface area contributed by atoms with Gasteiger partial charge in [0.15, 0.2) is 0 Å². The third kappa shape index (κ3) is 3.51. The first-order chi connectivity index (χ1) is 7.00. The topological polar surface area (TPSA) is 75.4 Å². The van der Waals surface area contributed by atoms with Crippen LogP contribution in [0.1, 0.15) is 19.8 Å². The maximum Gasteiger partial charge on any atom is 0.237 e. The number of carbonyl (C=O) groups is 2. The third-order valence-electron chi connectivity index (χ3n) is 2.78. The van der Waals surface area contributed by atoms with Crippen LogP contribution in [0.2, 0.25) is 0 Å². The monoisotopic (exact) mass is 213 g/mol. The highest BCUT2D eigenvalue weighted by Crippen LogP contribution is 2.15. The summed E-state index contributed by atoms with van der Waals surface area (Å²) in [4.78, 5) is 23.9. The second-order valence-corrected chi connectivity index (χ2v) is 4.24. The van der Waals surface area contributed by atoms with Crippen LogP contribution >= 0.6 is 0 Å². The average Bonchev–Trinajstić information content (AvgIpc) is 2.17. The predicted molar refractivity (Wildman–Crippen MR) is 57.0 cm³/mol. The molecule has 5 heteroatoms. The van der Waals surface area contributed by atoms with Crippen LogP contribution < -0.4 is 11.1 Å². The molecule has 1 fully saturated rings. The molecule has 0 bridgehead atoms. The summed E-state index contributed by atoms with van der Waals surface area (Å²) < 4.78 is 0. The van der Waals surface area contributed by atoms with Crippen molar-refractivity contribution in [3.05, 3.63) is 0 Å². The highest BCUT2D eigenvalue weighted by molar-refractivity contribution is 5.85. The third-order valence-corrected chi connectivity index (χ3v) is 2.78. The molecular formula is C10H19N3O2. The second kappa shape index (κ2) is 5.11. The van der Waals surface area contributed by atoms with Crippen molar-refractivity contribution in [3.63, 3.8) is 0 Å². The minimum absolute atomic E-state index is 0.00485. The molecular weight excluding hydrogens is 194 g/mol. The average molecular weight is 213 g/mol. The molecule has 3 N–H and O–H groups in total. The molecule has 2 amide bonds. The molecule has 0 radical (unpaired) electrons. The van der Waals surface area contributed by atoms with Crippen LogP contribution in [0.3, 0.4) is 0 Å². The second-order valence-electron chi connectivity index (χ2n) is 4.24. The van der Waals surface area contributed by atoms with Gasteiger partial charge in [-0.05, 0) is 19.8 Å². The molecule has 0 saturated carbocycles. The predicted octanol–water partition coefficient (Wildman–Crippen LogP) is -0.682. The standard InChI is InChI=1S/C10H19N3O2/c1-7-3-4-8(5-12-7)10(15)13(2)6-9(11)14/h7-8,12H,3-6H2,1-2H3,(H2,11,14). The Hall–Kier alpha value is -1.10. The van der Waals surface area contributed by atoms with Gasteiger partial charge in [0.25, 0.3) is 0 Å². The Bertz CT molecular complexity index is 247. The Balaban J connectivity index is 2.42. The summed E-state index contributed by atoms with van der Waals surface area (Å²) in [5, 5.41) is 3.26. The zero-order chi connectivity index (χ0) is 11.4. The fourth-order valence-corrected chi connectivity index (χ4v) is 1.83. The Morgan fingerprint density at radius 2 is 2.13 bits per heavy atom. The lowest BCUT2D eigenvalue weighted by Crippen LogP contribution is -2.46. The minimum atomic E-state index is -0.469. The highest BCUT2D eigenvalue weighted by atomic mass is 16.2. The minimum Gasteiger partial charge on any atom is -0.368 e. The molecule has 0 aromatic carbocycles. The van der Waals surface area contributed by atoms with Crippen molar-refractivity contribution in [2.45, 2.75) is 25.8 Å². The van der Waals surface area contributed by atoms with Crippen molar-refractivity contribution >= 4 is 11.8 Å². The van der Waals surface area contributed by atoms with E-state index in [2.05, 4.69) is 12.2 Å². The van der Waals surface area contributed by atoms with Crippen LogP contribution in [-0.2, 0) is 9.59 Å². The van der Waals surface area contributed by atoms with E-state index in [1.165, 1.54) is 4.90 Å². The number of nitrogens with zero attached hydrogens (tertiary/aromatic N) is 1. The van der Waals surface area contributed by atoms with Gasteiger partial charge in [0.1, 0.15) is 0 Å². The highest BCUT2D eigenvalue weighted by Gasteiger charge is 2.26. The summed E-state index contributed by atoms with van der Waals surface area (Å²) >= 11 is 0. The van der Waals surface area contributed by atoms with Crippen LogP contribution in [0.15, 0.2) is 0 Å². The lowest BCUT2D eigenvalue weighted by molar-refractivity contribution is -0.137. The van der Waals surface area contributed by atoms with Gasteiger partial charge in [0.05, 0.1) is 12.5 Å². The van der Waals surface area contributed by atoms with E-state index < -0.39 is 5.91 Å². The van der Waals surface area contributed by atoms with Gasteiger partial charge in [0, 0.05) is 19.6 Å². The molecule has 0 aliphatic carbocycles. The van der Waals surface area contributed by atoms with Gasteiger partial charge in [-0.3, -0.25) is 9.59 Å². The first kappa shape index (κ1) is 12.0. The smallest absolute Gasteiger partial charge is 0.237 e. The van der Waals surface area contributed by atoms with Gasteiger partial charge < -0.3 is 16.0 Å². The number of rotatable bonds is 3. The van der Waals surface area contributed by atoms with Gasteiger partial charge in [0.2, 0.25) is 11.8 Å². The molecule has 0 aromatic heterocycles. The molecule has 1 heterocycles. The molecule has 15 heavy (non-hydrogen) atoms. The molecule has 86 valence electrons. The zero-order valence-corrected chi connectivity index (χ0v) is 9.32. The van der Waals surface area contributed by atoms with E-state index in [1.807, 2.05) is 0 Å². The number of piperidine rings is 1. The van der Waals surface area contributed by atoms with Crippen molar-refractivity contribution in [1.82, 2.24) is 10.2 Å². The van der Waals surface area contributed by atoms with E-state index in [9.17, 15) is 9.59 Å². The number of likely N-dealkylation sites (N-methyl/N-ethyl adjacent to an activating group) is 1. The number of amides is 2. The van der Waals surface area contributed by atoms with Crippen LogP contribution in [0, 0.1) is 5.92 Å². The van der Waals surface area contributed by atoms with Gasteiger partial charge in [-0.25, -0.2) is 0 Å². The van der Waals surface area contributed by atoms with Crippen LogP contribution in [0.4, 0.5) is 0 Å². The molecule has 0 spiro atoms. The van der Waals surface area contributed by atoms with Crippen molar-refractivity contribution in [2.75, 3.05) is 20.1 Å². The summed E-state index contributed by atoms with van der Waals surface area (Å²) in [6, 6.07) is 0.482. The van der Waals surface area contributed by atoms with Crippen molar-refractivity contribution < 1.29 is 9.59 Å². The molecule has 1 aliphatic rings. The van der Waals surface area contributed by atoms with E-state index in [0.29, 0.717) is 12.6 Å². The van der Waals surface area contributed by atoms with Gasteiger partial charge >= 0.3 is 0 Å². The summed E-state index contributed by atoms with van der Waals surface area (Å²) in [7, 11) is 1.62. The summed E-state index contributed by atoms with van der Waals surface area (Å²) in [6.07, 6.45) is 1.89. The summed E-state index contributed by atoms with van der Waals surface area (Å²) in [5.74, 6) is -0.471. The fraction of sp³-hybridized carbons (Fsp3) is 0.800. The molecule has 1 aliphatic heterocycles. The summed E-state index contributed by atoms with van der Waals surface area (Å²) in [6.45, 7) is 2.81. The van der Waals surface area contributed by atoms with Crippen molar-refractivity contribution in [3.8, 4) is 0 Å². The first-order valence-corrected chi connectivity index (χ1v) is 5.27. The molecule has 0 aromatic rings. The molecule has 1 saturated heterocycles. The Labute approximate surface area is 90.0 Å². The molecule has 5 nitrogen and oxygen atoms in total. The van der Waals surface area contributed by atoms with Crippen molar-refractivity contribution in [2.24, 2.45) is 11.7 Å². The molecule has 1 rings (SSSR count). The summed E-state index contributed by atoms with van der Waals surface area (Å²) in [5.41, 5.74) is 5.03. The normalized spacial score (nSPS) is 26.0. The van der Waals surface area contributed by atoms with E-state index in [1.54, 1.807) is 7.05 Å². The van der Waals surface area contributed by atoms with Crippen molar-refractivity contribution in [1.29, 1.82) is 0 Å². The quantitative estimate of drug-likeness (QED) is 0.652. The van der Waals surface area contributed by atoms with E-state index >= 15 is 0 Å². The lowest BCUT2D eigenvalue weighted by Gasteiger charge is -2.29. The van der Waals surface area contributed by atoms with Gasteiger partial charge in [-0.15, -0.1) is 0 Å². The van der Waals surface area contributed by atoms with E-state index in [-0.39, 0.29) is 18.4 Å². The molecule has 2 unspecified atom stereocenters. The maximum atomic E-state index is 11.8. The number of carbonyl (C=O) groups excluding carboxylic acids is 2. The fourth-order valence-electron chi connectivity index (χ4n) is 1.83. The maximum absolute atomic E-state index is 11.8. The Morgan fingerprint density at radius 1 is 1.47 bits per heavy atom. The number of hydrogen-bond donors (Lipinski definition) is 2. The van der Waals surface area contributed by atoms with Crippen LogP contribution in [0.5, 0.6) is 0 Å². The number of primary amides is 1. The largest absolute Gasteiger partial charge is 0.368 e. The van der Waals surface area contributed by atoms with Gasteiger partial charge in [-0.2, -0.15) is 0 Å². The Morgan fingerprint density at radius 3 is 2.60 bits per heavy atom. The zero-order valence-electron chi connectivity index (χ0n) is 9.32. The number of hydrogen-bond acceptors (Lipinski definition) is 3. The van der Waals surface area contributed by atoms with Crippen LogP contribution in [-0.4, -0.2) is 42.9 Å². The Kier molecular flexibility index (Phi) is 4.08. The van der Waals surface area contributed by atoms with E-state index in [0.717, 1.165) is 12.8 Å². The molecule has 2 atom stereocenters. The first-order valence-electron chi connectivity index (χ1n) is 5.27. The lowest BCUT2D eigenvalue weighted by atomic mass is 9.94. The van der Waals surface area contributed by atoms with Crippen LogP contribution in [0.25, 0.3) is 0 Å². The number of nitrogens with two attached hydrogens (primary N) is 1. The van der Waals surface area contributed by atoms with E-state index in [4.69, 9.17) is 5.73 Å².